The maximum Gasteiger partial charge on any atom is 0.246 e. The van der Waals surface area contributed by atoms with Crippen LogP contribution in [0.25, 0.3) is 5.69 Å². The van der Waals surface area contributed by atoms with Gasteiger partial charge in [0.15, 0.2) is 0 Å². The molecule has 0 saturated carbocycles. The van der Waals surface area contributed by atoms with Crippen LogP contribution < -0.4 is 10.2 Å². The number of methoxy groups -OCH3 is 1. The molecule has 4 rings (SSSR count). The number of benzene rings is 2. The Morgan fingerprint density at radius 3 is 2.74 bits per heavy atom. The highest BCUT2D eigenvalue weighted by molar-refractivity contribution is 5.64. The van der Waals surface area contributed by atoms with Crippen molar-refractivity contribution in [2.24, 2.45) is 0 Å². The number of halogens is 2. The summed E-state index contributed by atoms with van der Waals surface area (Å²) < 4.78 is 39.3. The molecule has 3 aromatic rings. The van der Waals surface area contributed by atoms with Crippen molar-refractivity contribution in [1.82, 2.24) is 14.8 Å². The molecule has 2 aromatic carbocycles. The summed E-state index contributed by atoms with van der Waals surface area (Å²) in [6, 6.07) is 9.38. The van der Waals surface area contributed by atoms with Crippen molar-refractivity contribution in [3.05, 3.63) is 59.9 Å². The standard InChI is InChI=1S/C22H25F2N5O2.H2/c1-15-7-18(12-19(8-15)28-4-6-31-21(13-28)3-5-30-2)26-22-25-14-29(27-22)20-10-16(23)9-17(24)11-20;/h7-12,14,21H,3-6,13H2,1-2H3,(H,26,27);1H. The molecule has 1 unspecified atom stereocenters. The number of aromatic nitrogens is 3. The molecule has 1 atom stereocenters. The Hall–Kier alpha value is -3.04. The molecule has 166 valence electrons. The fourth-order valence-electron chi connectivity index (χ4n) is 3.64. The topological polar surface area (TPSA) is 64.4 Å². The van der Waals surface area contributed by atoms with Gasteiger partial charge in [-0.25, -0.2) is 13.5 Å². The van der Waals surface area contributed by atoms with Crippen LogP contribution in [-0.2, 0) is 9.47 Å². The maximum atomic E-state index is 13.5. The molecule has 1 aliphatic rings. The first-order valence-corrected chi connectivity index (χ1v) is 10.1. The minimum absolute atomic E-state index is 0. The Labute approximate surface area is 181 Å². The molecule has 2 heterocycles. The Balaban J connectivity index is 0.00000289. The Morgan fingerprint density at radius 2 is 1.97 bits per heavy atom. The summed E-state index contributed by atoms with van der Waals surface area (Å²) in [5.41, 5.74) is 3.27. The highest BCUT2D eigenvalue weighted by Gasteiger charge is 2.21. The lowest BCUT2D eigenvalue weighted by Gasteiger charge is -2.35. The molecule has 1 aliphatic heterocycles. The van der Waals surface area contributed by atoms with E-state index in [4.69, 9.17) is 9.47 Å². The quantitative estimate of drug-likeness (QED) is 0.608. The summed E-state index contributed by atoms with van der Waals surface area (Å²) >= 11 is 0. The Bertz CT molecular complexity index is 1030. The number of nitrogens with zero attached hydrogens (tertiary/aromatic N) is 4. The van der Waals surface area contributed by atoms with Crippen LogP contribution in [0.5, 0.6) is 0 Å². The number of nitrogens with one attached hydrogen (secondary N) is 1. The van der Waals surface area contributed by atoms with Crippen LogP contribution in [0.4, 0.5) is 26.1 Å². The lowest BCUT2D eigenvalue weighted by molar-refractivity contribution is 0.0191. The van der Waals surface area contributed by atoms with E-state index >= 15 is 0 Å². The SMILES string of the molecule is COCCC1CN(c2cc(C)cc(Nc3ncn(-c4cc(F)cc(F)c4)n3)c2)CCO1.[HH]. The van der Waals surface area contributed by atoms with Gasteiger partial charge in [-0.2, -0.15) is 4.98 Å². The highest BCUT2D eigenvalue weighted by atomic mass is 19.1. The fraction of sp³-hybridized carbons (Fsp3) is 0.364. The molecule has 0 amide bonds. The predicted molar refractivity (Wildman–Crippen MR) is 116 cm³/mol. The number of morpholine rings is 1. The lowest BCUT2D eigenvalue weighted by atomic mass is 10.1. The largest absolute Gasteiger partial charge is 0.385 e. The molecular formula is C22H27F2N5O2. The summed E-state index contributed by atoms with van der Waals surface area (Å²) in [4.78, 5) is 6.51. The molecule has 0 aliphatic carbocycles. The van der Waals surface area contributed by atoms with Crippen molar-refractivity contribution in [1.29, 1.82) is 0 Å². The van der Waals surface area contributed by atoms with E-state index in [1.165, 1.54) is 23.1 Å². The first-order valence-electron chi connectivity index (χ1n) is 10.1. The van der Waals surface area contributed by atoms with Crippen LogP contribution in [0.15, 0.2) is 42.7 Å². The van der Waals surface area contributed by atoms with E-state index in [0.29, 0.717) is 19.2 Å². The van der Waals surface area contributed by atoms with Gasteiger partial charge in [0.2, 0.25) is 5.95 Å². The molecule has 0 bridgehead atoms. The van der Waals surface area contributed by atoms with Crippen molar-refractivity contribution in [2.45, 2.75) is 19.4 Å². The van der Waals surface area contributed by atoms with E-state index in [1.54, 1.807) is 7.11 Å². The van der Waals surface area contributed by atoms with Crippen molar-refractivity contribution >= 4 is 17.3 Å². The van der Waals surface area contributed by atoms with Gasteiger partial charge in [0.1, 0.15) is 18.0 Å². The molecule has 31 heavy (non-hydrogen) atoms. The molecule has 7 nitrogen and oxygen atoms in total. The molecule has 1 saturated heterocycles. The van der Waals surface area contributed by atoms with Crippen LogP contribution in [0.1, 0.15) is 13.4 Å². The zero-order valence-corrected chi connectivity index (χ0v) is 17.5. The zero-order valence-electron chi connectivity index (χ0n) is 17.5. The number of ether oxygens (including phenoxy) is 2. The van der Waals surface area contributed by atoms with Crippen LogP contribution in [0.3, 0.4) is 0 Å². The second-order valence-electron chi connectivity index (χ2n) is 7.54. The molecule has 1 aromatic heterocycles. The maximum absolute atomic E-state index is 13.5. The third kappa shape index (κ3) is 5.36. The first-order chi connectivity index (χ1) is 15.0. The van der Waals surface area contributed by atoms with Gasteiger partial charge in [0.05, 0.1) is 18.4 Å². The zero-order chi connectivity index (χ0) is 21.8. The molecule has 1 N–H and O–H groups in total. The van der Waals surface area contributed by atoms with Gasteiger partial charge in [-0.3, -0.25) is 0 Å². The summed E-state index contributed by atoms with van der Waals surface area (Å²) in [5, 5.41) is 7.47. The Kier molecular flexibility index (Phi) is 6.43. The van der Waals surface area contributed by atoms with Crippen LogP contribution in [0, 0.1) is 18.6 Å². The summed E-state index contributed by atoms with van der Waals surface area (Å²) in [6.07, 6.45) is 2.40. The molecule has 0 radical (unpaired) electrons. The van der Waals surface area contributed by atoms with Crippen LogP contribution in [0.2, 0.25) is 0 Å². The van der Waals surface area contributed by atoms with Gasteiger partial charge < -0.3 is 19.7 Å². The van der Waals surface area contributed by atoms with Gasteiger partial charge in [0, 0.05) is 45.7 Å². The molecular weight excluding hydrogens is 404 g/mol. The molecule has 9 heteroatoms. The van der Waals surface area contributed by atoms with E-state index in [9.17, 15) is 8.78 Å². The van der Waals surface area contributed by atoms with Gasteiger partial charge in [-0.1, -0.05) is 0 Å². The third-order valence-corrected chi connectivity index (χ3v) is 5.07. The number of rotatable bonds is 7. The predicted octanol–water partition coefficient (Wildman–Crippen LogP) is 4.09. The van der Waals surface area contributed by atoms with Crippen molar-refractivity contribution < 1.29 is 19.7 Å². The summed E-state index contributed by atoms with van der Waals surface area (Å²) in [7, 11) is 1.69. The van der Waals surface area contributed by atoms with Gasteiger partial charge >= 0.3 is 0 Å². The monoisotopic (exact) mass is 431 g/mol. The molecule has 1 fully saturated rings. The number of aryl methyl sites for hydroxylation is 1. The second-order valence-corrected chi connectivity index (χ2v) is 7.54. The summed E-state index contributed by atoms with van der Waals surface area (Å²) in [5.74, 6) is -1.00. The van der Waals surface area contributed by atoms with E-state index in [2.05, 4.69) is 26.4 Å². The lowest BCUT2D eigenvalue weighted by Crippen LogP contribution is -2.43. The number of hydrogen-bond donors (Lipinski definition) is 1. The van der Waals surface area contributed by atoms with E-state index in [-0.39, 0.29) is 13.2 Å². The Morgan fingerprint density at radius 1 is 1.16 bits per heavy atom. The molecule has 0 spiro atoms. The van der Waals surface area contributed by atoms with E-state index < -0.39 is 11.6 Å². The van der Waals surface area contributed by atoms with Crippen LogP contribution in [-0.4, -0.2) is 54.3 Å². The normalized spacial score (nSPS) is 16.5. The smallest absolute Gasteiger partial charge is 0.246 e. The van der Waals surface area contributed by atoms with Crippen LogP contribution >= 0.6 is 0 Å². The van der Waals surface area contributed by atoms with E-state index in [0.717, 1.165) is 42.5 Å². The number of hydrogen-bond acceptors (Lipinski definition) is 6. The average molecular weight is 431 g/mol. The van der Waals surface area contributed by atoms with Crippen molar-refractivity contribution in [2.75, 3.05) is 43.6 Å². The second kappa shape index (κ2) is 9.40. The van der Waals surface area contributed by atoms with Crippen molar-refractivity contribution in [3.63, 3.8) is 0 Å². The summed E-state index contributed by atoms with van der Waals surface area (Å²) in [6.45, 7) is 4.97. The van der Waals surface area contributed by atoms with Gasteiger partial charge in [-0.15, -0.1) is 5.10 Å². The van der Waals surface area contributed by atoms with Gasteiger partial charge in [-0.05, 0) is 49.2 Å². The van der Waals surface area contributed by atoms with Crippen molar-refractivity contribution in [3.8, 4) is 5.69 Å². The average Bonchev–Trinajstić information content (AvgIpc) is 3.20. The minimum Gasteiger partial charge on any atom is -0.385 e. The highest BCUT2D eigenvalue weighted by Crippen LogP contribution is 2.26. The third-order valence-electron chi connectivity index (χ3n) is 5.07. The fourth-order valence-corrected chi connectivity index (χ4v) is 3.64. The minimum atomic E-state index is -0.669. The van der Waals surface area contributed by atoms with E-state index in [1.807, 2.05) is 19.1 Å². The van der Waals surface area contributed by atoms with Gasteiger partial charge in [0.25, 0.3) is 0 Å². The first kappa shape index (κ1) is 21.2. The number of anilines is 3.